The average Bonchev–Trinajstić information content (AvgIpc) is 2.60. The van der Waals surface area contributed by atoms with Crippen LogP contribution in [-0.4, -0.2) is 26.7 Å². The zero-order valence-corrected chi connectivity index (χ0v) is 14.6. The number of para-hydroxylation sites is 1. The van der Waals surface area contributed by atoms with Gasteiger partial charge in [-0.3, -0.25) is 4.79 Å². The number of carbonyl (C=O) groups is 1. The number of hydrogen-bond donors (Lipinski definition) is 2. The number of rotatable bonds is 7. The molecule has 5 nitrogen and oxygen atoms in total. The van der Waals surface area contributed by atoms with Crippen molar-refractivity contribution in [3.8, 4) is 11.5 Å². The summed E-state index contributed by atoms with van der Waals surface area (Å²) in [4.78, 5) is 12.2. The fraction of sp³-hybridized carbons (Fsp3) is 0.316. The van der Waals surface area contributed by atoms with Crippen molar-refractivity contribution in [2.24, 2.45) is 0 Å². The molecule has 0 fully saturated rings. The molecule has 24 heavy (non-hydrogen) atoms. The van der Waals surface area contributed by atoms with E-state index in [1.54, 1.807) is 32.4 Å². The summed E-state index contributed by atoms with van der Waals surface area (Å²) in [7, 11) is 3.14. The van der Waals surface area contributed by atoms with E-state index in [1.807, 2.05) is 18.2 Å². The first-order valence-corrected chi connectivity index (χ1v) is 7.89. The van der Waals surface area contributed by atoms with Crippen molar-refractivity contribution in [2.75, 3.05) is 31.4 Å². The highest BCUT2D eigenvalue weighted by atomic mass is 16.5. The van der Waals surface area contributed by atoms with Crippen LogP contribution in [0, 0.1) is 0 Å². The predicted molar refractivity (Wildman–Crippen MR) is 97.2 cm³/mol. The van der Waals surface area contributed by atoms with Gasteiger partial charge in [-0.25, -0.2) is 0 Å². The second-order valence-corrected chi connectivity index (χ2v) is 5.71. The van der Waals surface area contributed by atoms with E-state index < -0.39 is 0 Å². The quantitative estimate of drug-likeness (QED) is 0.810. The van der Waals surface area contributed by atoms with Crippen molar-refractivity contribution in [2.45, 2.75) is 19.8 Å². The van der Waals surface area contributed by atoms with E-state index in [0.717, 1.165) is 5.69 Å². The molecule has 0 bridgehead atoms. The lowest BCUT2D eigenvalue weighted by molar-refractivity contribution is -0.114. The molecule has 0 aliphatic rings. The number of benzene rings is 2. The van der Waals surface area contributed by atoms with Crippen LogP contribution in [0.2, 0.25) is 0 Å². The highest BCUT2D eigenvalue weighted by Crippen LogP contribution is 2.29. The molecule has 2 N–H and O–H groups in total. The second kappa shape index (κ2) is 8.24. The summed E-state index contributed by atoms with van der Waals surface area (Å²) in [5.74, 6) is 1.48. The Morgan fingerprint density at radius 3 is 2.46 bits per heavy atom. The minimum Gasteiger partial charge on any atom is -0.497 e. The molecular formula is C19H24N2O3. The molecule has 0 aliphatic carbocycles. The first-order valence-electron chi connectivity index (χ1n) is 7.89. The molecule has 2 rings (SSSR count). The number of nitrogens with one attached hydrogen (secondary N) is 2. The summed E-state index contributed by atoms with van der Waals surface area (Å²) in [5, 5.41) is 6.05. The largest absolute Gasteiger partial charge is 0.497 e. The third-order valence-electron chi connectivity index (χ3n) is 3.70. The molecule has 0 heterocycles. The zero-order valence-electron chi connectivity index (χ0n) is 14.6. The highest BCUT2D eigenvalue weighted by Gasteiger charge is 2.10. The van der Waals surface area contributed by atoms with Crippen LogP contribution in [0.3, 0.4) is 0 Å². The zero-order chi connectivity index (χ0) is 17.5. The van der Waals surface area contributed by atoms with Crippen LogP contribution in [0.25, 0.3) is 0 Å². The lowest BCUT2D eigenvalue weighted by atomic mass is 10.0. The fourth-order valence-corrected chi connectivity index (χ4v) is 2.43. The average molecular weight is 328 g/mol. The van der Waals surface area contributed by atoms with E-state index in [9.17, 15) is 4.79 Å². The minimum atomic E-state index is -0.142. The molecule has 0 spiro atoms. The molecular weight excluding hydrogens is 304 g/mol. The molecule has 1 amide bonds. The van der Waals surface area contributed by atoms with Crippen molar-refractivity contribution < 1.29 is 14.3 Å². The molecule has 128 valence electrons. The van der Waals surface area contributed by atoms with Gasteiger partial charge in [-0.15, -0.1) is 0 Å². The van der Waals surface area contributed by atoms with Gasteiger partial charge in [0.05, 0.1) is 26.5 Å². The Labute approximate surface area is 143 Å². The van der Waals surface area contributed by atoms with Gasteiger partial charge in [0.25, 0.3) is 0 Å². The number of carbonyl (C=O) groups excluding carboxylic acids is 1. The summed E-state index contributed by atoms with van der Waals surface area (Å²) in [6.07, 6.45) is 0. The Morgan fingerprint density at radius 1 is 1.04 bits per heavy atom. The molecule has 0 unspecified atom stereocenters. The van der Waals surface area contributed by atoms with E-state index in [0.29, 0.717) is 23.1 Å². The molecule has 0 atom stereocenters. The van der Waals surface area contributed by atoms with Crippen molar-refractivity contribution in [1.29, 1.82) is 0 Å². The van der Waals surface area contributed by atoms with Crippen LogP contribution in [0.4, 0.5) is 11.4 Å². The highest BCUT2D eigenvalue weighted by molar-refractivity contribution is 5.95. The number of ether oxygens (including phenoxy) is 2. The standard InChI is InChI=1S/C19H24N2O3/c1-13(2)15-7-5-6-8-16(15)20-12-19(22)21-17-10-9-14(23-3)11-18(17)24-4/h5-11,13,20H,12H2,1-4H3,(H,21,22). The SMILES string of the molecule is COc1ccc(NC(=O)CNc2ccccc2C(C)C)c(OC)c1. The summed E-state index contributed by atoms with van der Waals surface area (Å²) in [6, 6.07) is 13.3. The maximum absolute atomic E-state index is 12.2. The number of amides is 1. The smallest absolute Gasteiger partial charge is 0.243 e. The lowest BCUT2D eigenvalue weighted by Gasteiger charge is -2.15. The molecule has 0 radical (unpaired) electrons. The topological polar surface area (TPSA) is 59.6 Å². The predicted octanol–water partition coefficient (Wildman–Crippen LogP) is 3.88. The van der Waals surface area contributed by atoms with E-state index in [2.05, 4.69) is 30.5 Å². The van der Waals surface area contributed by atoms with Crippen molar-refractivity contribution in [3.05, 3.63) is 48.0 Å². The maximum Gasteiger partial charge on any atom is 0.243 e. The van der Waals surface area contributed by atoms with Gasteiger partial charge in [-0.1, -0.05) is 32.0 Å². The van der Waals surface area contributed by atoms with Crippen molar-refractivity contribution in [1.82, 2.24) is 0 Å². The molecule has 0 saturated heterocycles. The second-order valence-electron chi connectivity index (χ2n) is 5.71. The lowest BCUT2D eigenvalue weighted by Crippen LogP contribution is -2.22. The van der Waals surface area contributed by atoms with Crippen molar-refractivity contribution >= 4 is 17.3 Å². The molecule has 0 aromatic heterocycles. The van der Waals surface area contributed by atoms with E-state index in [-0.39, 0.29) is 12.5 Å². The maximum atomic E-state index is 12.2. The number of anilines is 2. The first-order chi connectivity index (χ1) is 11.5. The van der Waals surface area contributed by atoms with Crippen LogP contribution >= 0.6 is 0 Å². The third-order valence-corrected chi connectivity index (χ3v) is 3.70. The Kier molecular flexibility index (Phi) is 6.07. The van der Waals surface area contributed by atoms with E-state index in [1.165, 1.54) is 5.56 Å². The van der Waals surface area contributed by atoms with Crippen LogP contribution in [0.15, 0.2) is 42.5 Å². The first kappa shape index (κ1) is 17.7. The molecule has 0 saturated carbocycles. The van der Waals surface area contributed by atoms with Gasteiger partial charge in [0.15, 0.2) is 0 Å². The normalized spacial score (nSPS) is 10.4. The van der Waals surface area contributed by atoms with Crippen LogP contribution in [-0.2, 0) is 4.79 Å². The molecule has 0 aliphatic heterocycles. The molecule has 2 aromatic carbocycles. The Balaban J connectivity index is 2.02. The van der Waals surface area contributed by atoms with Gasteiger partial charge in [-0.2, -0.15) is 0 Å². The van der Waals surface area contributed by atoms with Crippen LogP contribution in [0.5, 0.6) is 11.5 Å². The Bertz CT molecular complexity index is 699. The summed E-state index contributed by atoms with van der Waals surface area (Å²) >= 11 is 0. The molecule has 5 heteroatoms. The van der Waals surface area contributed by atoms with Gasteiger partial charge in [0.1, 0.15) is 11.5 Å². The van der Waals surface area contributed by atoms with E-state index in [4.69, 9.17) is 9.47 Å². The van der Waals surface area contributed by atoms with Gasteiger partial charge in [0.2, 0.25) is 5.91 Å². The Hall–Kier alpha value is -2.69. The Morgan fingerprint density at radius 2 is 1.79 bits per heavy atom. The van der Waals surface area contributed by atoms with Crippen LogP contribution < -0.4 is 20.1 Å². The van der Waals surface area contributed by atoms with Gasteiger partial charge >= 0.3 is 0 Å². The summed E-state index contributed by atoms with van der Waals surface area (Å²) in [5.41, 5.74) is 2.78. The third kappa shape index (κ3) is 4.41. The number of methoxy groups -OCH3 is 2. The molecule has 2 aromatic rings. The van der Waals surface area contributed by atoms with Gasteiger partial charge in [0, 0.05) is 11.8 Å². The fourth-order valence-electron chi connectivity index (χ4n) is 2.43. The van der Waals surface area contributed by atoms with Gasteiger partial charge < -0.3 is 20.1 Å². The van der Waals surface area contributed by atoms with Gasteiger partial charge in [-0.05, 0) is 29.7 Å². The monoisotopic (exact) mass is 328 g/mol. The number of hydrogen-bond acceptors (Lipinski definition) is 4. The van der Waals surface area contributed by atoms with Crippen molar-refractivity contribution in [3.63, 3.8) is 0 Å². The summed E-state index contributed by atoms with van der Waals surface area (Å²) < 4.78 is 10.4. The minimum absolute atomic E-state index is 0.142. The van der Waals surface area contributed by atoms with Crippen LogP contribution in [0.1, 0.15) is 25.3 Å². The summed E-state index contributed by atoms with van der Waals surface area (Å²) in [6.45, 7) is 4.44. The van der Waals surface area contributed by atoms with E-state index >= 15 is 0 Å².